The summed E-state index contributed by atoms with van der Waals surface area (Å²) in [5, 5.41) is 0. The number of rotatable bonds is 1. The lowest BCUT2D eigenvalue weighted by atomic mass is 10.0. The normalized spacial score (nSPS) is 34.6. The zero-order valence-electron chi connectivity index (χ0n) is 7.06. The summed E-state index contributed by atoms with van der Waals surface area (Å²) < 4.78 is 2.16. The second-order valence-electron chi connectivity index (χ2n) is 3.35. The molecule has 0 bridgehead atoms. The van der Waals surface area contributed by atoms with Crippen LogP contribution in [0.2, 0.25) is 0 Å². The molecule has 11 heavy (non-hydrogen) atoms. The van der Waals surface area contributed by atoms with E-state index in [4.69, 9.17) is 0 Å². The molecule has 2 unspecified atom stereocenters. The van der Waals surface area contributed by atoms with E-state index in [1.54, 1.807) is 0 Å². The molecule has 0 N–H and O–H groups in total. The van der Waals surface area contributed by atoms with E-state index >= 15 is 0 Å². The van der Waals surface area contributed by atoms with Crippen molar-refractivity contribution in [1.82, 2.24) is 4.57 Å². The Morgan fingerprint density at radius 1 is 1.18 bits per heavy atom. The predicted octanol–water partition coefficient (Wildman–Crippen LogP) is 2.84. The van der Waals surface area contributed by atoms with Gasteiger partial charge in [-0.2, -0.15) is 0 Å². The molecule has 1 fully saturated rings. The second-order valence-corrected chi connectivity index (χ2v) is 18.7. The van der Waals surface area contributed by atoms with Gasteiger partial charge in [-0.1, -0.05) is 63.9 Å². The average molecular weight is 395 g/mol. The van der Waals surface area contributed by atoms with Crippen LogP contribution in [0.1, 0.15) is 33.1 Å². The first-order valence-corrected chi connectivity index (χ1v) is 13.0. The van der Waals surface area contributed by atoms with Gasteiger partial charge in [-0.15, -0.1) is 0 Å². The van der Waals surface area contributed by atoms with Gasteiger partial charge in [-0.3, -0.25) is 0 Å². The van der Waals surface area contributed by atoms with Crippen LogP contribution < -0.4 is 0 Å². The molecule has 0 aromatic carbocycles. The van der Waals surface area contributed by atoms with Crippen molar-refractivity contribution in [3.05, 3.63) is 0 Å². The molecule has 1 heterocycles. The highest BCUT2D eigenvalue weighted by molar-refractivity contribution is 14.3. The smallest absolute Gasteiger partial charge is 0.248 e. The fraction of sp³-hybridized carbons (Fsp3) is 1.00. The molecule has 0 saturated carbocycles. The van der Waals surface area contributed by atoms with Crippen molar-refractivity contribution < 1.29 is 0 Å². The highest BCUT2D eigenvalue weighted by atomic mass is 127. The van der Waals surface area contributed by atoms with Gasteiger partial charge in [0, 0.05) is 12.1 Å². The summed E-state index contributed by atoms with van der Waals surface area (Å²) in [6.07, 6.45) is 4.27. The van der Waals surface area contributed by atoms with Crippen LogP contribution in [-0.2, 0) is 0 Å². The molecule has 0 aromatic rings. The van der Waals surface area contributed by atoms with Crippen molar-refractivity contribution in [3.8, 4) is 0 Å². The molecule has 1 nitrogen and oxygen atoms in total. The Morgan fingerprint density at radius 2 is 1.64 bits per heavy atom. The molecule has 0 spiro atoms. The van der Waals surface area contributed by atoms with E-state index < -0.39 is 3.95 Å². The Kier molecular flexibility index (Phi) is 4.63. The summed E-state index contributed by atoms with van der Waals surface area (Å²) in [4.78, 5) is 0. The molecule has 0 radical (unpaired) electrons. The van der Waals surface area contributed by atoms with Crippen LogP contribution >= 0.6 is 43.6 Å². The summed E-state index contributed by atoms with van der Waals surface area (Å²) >= 11 is 5.29. The molecule has 0 aliphatic carbocycles. The van der Waals surface area contributed by atoms with E-state index in [1.165, 1.54) is 19.3 Å². The van der Waals surface area contributed by atoms with E-state index in [0.29, 0.717) is 0 Å². The first-order valence-electron chi connectivity index (χ1n) is 4.18. The first kappa shape index (κ1) is 10.7. The molecular weight excluding hydrogens is 380 g/mol. The quantitative estimate of drug-likeness (QED) is 0.375. The van der Waals surface area contributed by atoms with Gasteiger partial charge in [0.15, 0.2) is 0 Å². The average Bonchev–Trinajstić information content (AvgIpc) is 1.85. The molecule has 2 atom stereocenters. The minimum Gasteiger partial charge on any atom is -0.305 e. The largest absolute Gasteiger partial charge is 0.305 e. The summed E-state index contributed by atoms with van der Waals surface area (Å²) in [5.41, 5.74) is 0. The minimum absolute atomic E-state index is 0.594. The maximum Gasteiger partial charge on any atom is 0.248 e. The van der Waals surface area contributed by atoms with Gasteiger partial charge >= 0.3 is 0 Å². The summed E-state index contributed by atoms with van der Waals surface area (Å²) in [5.74, 6) is 0. The molecule has 0 amide bonds. The van der Waals surface area contributed by atoms with Gasteiger partial charge < -0.3 is 4.57 Å². The third-order valence-electron chi connectivity index (χ3n) is 2.49. The van der Waals surface area contributed by atoms with Crippen molar-refractivity contribution in [1.29, 1.82) is 0 Å². The molecule has 1 saturated heterocycles. The predicted molar refractivity (Wildman–Crippen MR) is 69.8 cm³/mol. The molecule has 66 valence electrons. The maximum absolute atomic E-state index is 2.75. The Balaban J connectivity index is 2.55. The van der Waals surface area contributed by atoms with Crippen LogP contribution in [0.25, 0.3) is 0 Å². The SMILES string of the molecule is CC1CCCC(C)N1[SiH](I)I. The number of piperidine rings is 1. The second kappa shape index (κ2) is 4.76. The van der Waals surface area contributed by atoms with Gasteiger partial charge in [0.05, 0.1) is 0 Å². The number of halogens is 2. The lowest BCUT2D eigenvalue weighted by molar-refractivity contribution is 0.210. The molecule has 4 heteroatoms. The van der Waals surface area contributed by atoms with Crippen LogP contribution in [0.4, 0.5) is 0 Å². The Bertz CT molecular complexity index is 122. The van der Waals surface area contributed by atoms with Crippen LogP contribution in [0.15, 0.2) is 0 Å². The third-order valence-corrected chi connectivity index (χ3v) is 7.82. The van der Waals surface area contributed by atoms with Crippen LogP contribution in [0.5, 0.6) is 0 Å². The van der Waals surface area contributed by atoms with E-state index in [9.17, 15) is 0 Å². The number of hydrogen-bond donors (Lipinski definition) is 0. The van der Waals surface area contributed by atoms with Gasteiger partial charge in [0.2, 0.25) is 3.95 Å². The molecule has 1 aliphatic heterocycles. The molecule has 0 aromatic heterocycles. The number of hydrogen-bond acceptors (Lipinski definition) is 1. The van der Waals surface area contributed by atoms with Crippen molar-refractivity contribution in [2.75, 3.05) is 0 Å². The van der Waals surface area contributed by atoms with E-state index in [1.807, 2.05) is 0 Å². The van der Waals surface area contributed by atoms with Gasteiger partial charge in [-0.25, -0.2) is 0 Å². The van der Waals surface area contributed by atoms with E-state index in [-0.39, 0.29) is 0 Å². The van der Waals surface area contributed by atoms with Crippen LogP contribution in [0.3, 0.4) is 0 Å². The highest BCUT2D eigenvalue weighted by Gasteiger charge is 2.28. The van der Waals surface area contributed by atoms with Gasteiger partial charge in [0.1, 0.15) is 0 Å². The van der Waals surface area contributed by atoms with Crippen molar-refractivity contribution in [2.24, 2.45) is 0 Å². The summed E-state index contributed by atoms with van der Waals surface area (Å²) in [7, 11) is 0. The molecule has 1 aliphatic rings. The van der Waals surface area contributed by atoms with Crippen molar-refractivity contribution in [2.45, 2.75) is 45.2 Å². The maximum atomic E-state index is 2.75. The third kappa shape index (κ3) is 2.80. The fourth-order valence-corrected chi connectivity index (χ4v) is 9.48. The van der Waals surface area contributed by atoms with Gasteiger partial charge in [-0.05, 0) is 12.8 Å². The summed E-state index contributed by atoms with van der Waals surface area (Å²) in [6, 6.07) is 1.70. The topological polar surface area (TPSA) is 3.24 Å². The highest BCUT2D eigenvalue weighted by Crippen LogP contribution is 2.27. The Morgan fingerprint density at radius 3 is 1.91 bits per heavy atom. The van der Waals surface area contributed by atoms with Crippen molar-refractivity contribution in [3.63, 3.8) is 0 Å². The lowest BCUT2D eigenvalue weighted by Gasteiger charge is -2.40. The minimum atomic E-state index is -0.594. The molecule has 1 rings (SSSR count). The fourth-order valence-electron chi connectivity index (χ4n) is 1.83. The number of nitrogens with zero attached hydrogens (tertiary/aromatic N) is 1. The van der Waals surface area contributed by atoms with Crippen LogP contribution in [-0.4, -0.2) is 20.6 Å². The van der Waals surface area contributed by atoms with Crippen LogP contribution in [0, 0.1) is 0 Å². The summed E-state index contributed by atoms with van der Waals surface area (Å²) in [6.45, 7) is 4.76. The lowest BCUT2D eigenvalue weighted by Crippen LogP contribution is -2.47. The Hall–Kier alpha value is 1.64. The zero-order valence-corrected chi connectivity index (χ0v) is 12.5. The monoisotopic (exact) mass is 395 g/mol. The van der Waals surface area contributed by atoms with E-state index in [0.717, 1.165) is 12.1 Å². The van der Waals surface area contributed by atoms with Gasteiger partial charge in [0.25, 0.3) is 0 Å². The van der Waals surface area contributed by atoms with Crippen molar-refractivity contribution >= 4 is 47.5 Å². The first-order chi connectivity index (χ1) is 5.13. The Labute approximate surface area is 96.4 Å². The standard InChI is InChI=1S/C7H15I2NSi/c1-6-4-3-5-7(2)10(6)11(8)9/h6-7,11H,3-5H2,1-2H3. The molecular formula is C7H15I2NSi. The van der Waals surface area contributed by atoms with E-state index in [2.05, 4.69) is 62.0 Å². The zero-order chi connectivity index (χ0) is 8.43.